The third-order valence-corrected chi connectivity index (χ3v) is 6.44. The van der Waals surface area contributed by atoms with E-state index in [9.17, 15) is 23.2 Å². The molecule has 0 saturated heterocycles. The Hall–Kier alpha value is -3.21. The van der Waals surface area contributed by atoms with E-state index in [0.29, 0.717) is 12.2 Å². The van der Waals surface area contributed by atoms with Crippen LogP contribution in [0.2, 0.25) is 0 Å². The first kappa shape index (κ1) is 27.0. The van der Waals surface area contributed by atoms with Crippen LogP contribution in [-0.2, 0) is 19.6 Å². The van der Waals surface area contributed by atoms with E-state index in [4.69, 9.17) is 4.74 Å². The summed E-state index contributed by atoms with van der Waals surface area (Å²) >= 11 is 0. The smallest absolute Gasteiger partial charge is 0.257 e. The number of nitrogens with one attached hydrogen (secondary N) is 3. The van der Waals surface area contributed by atoms with Gasteiger partial charge < -0.3 is 4.74 Å². The summed E-state index contributed by atoms with van der Waals surface area (Å²) in [6.45, 7) is 3.77. The number of hydrogen-bond acceptors (Lipinski definition) is 6. The van der Waals surface area contributed by atoms with Crippen LogP contribution in [0.25, 0.3) is 6.08 Å². The number of rotatable bonds is 12. The number of methoxy groups -OCH3 is 1. The molecule has 0 unspecified atom stereocenters. The van der Waals surface area contributed by atoms with E-state index in [-0.39, 0.29) is 17.2 Å². The van der Waals surface area contributed by atoms with Crippen molar-refractivity contribution in [3.05, 3.63) is 66.2 Å². The van der Waals surface area contributed by atoms with Gasteiger partial charge in [-0.3, -0.25) is 20.2 Å². The molecular weight excluding hydrogens is 458 g/mol. The Morgan fingerprint density at radius 2 is 1.65 bits per heavy atom. The zero-order chi connectivity index (χ0) is 25.1. The van der Waals surface area contributed by atoms with Crippen molar-refractivity contribution >= 4 is 27.9 Å². The number of sulfonamides is 1. The van der Waals surface area contributed by atoms with Gasteiger partial charge in [0.05, 0.1) is 23.8 Å². The second-order valence-electron chi connectivity index (χ2n) is 8.14. The van der Waals surface area contributed by atoms with Gasteiger partial charge in [-0.15, -0.1) is 4.83 Å². The fourth-order valence-corrected chi connectivity index (χ4v) is 4.28. The Kier molecular flexibility index (Phi) is 10.2. The molecule has 9 nitrogen and oxygen atoms in total. The zero-order valence-corrected chi connectivity index (χ0v) is 20.2. The first-order valence-corrected chi connectivity index (χ1v) is 12.3. The molecule has 2 aromatic carbocycles. The summed E-state index contributed by atoms with van der Waals surface area (Å²) in [5, 5.41) is 9.26. The molecular formula is C24H31N3O6S. The van der Waals surface area contributed by atoms with Gasteiger partial charge in [0, 0.05) is 0 Å². The molecule has 4 N–H and O–H groups in total. The van der Waals surface area contributed by atoms with Gasteiger partial charge in [-0.1, -0.05) is 56.3 Å². The van der Waals surface area contributed by atoms with Gasteiger partial charge in [-0.25, -0.2) is 13.9 Å². The number of hydroxylamine groups is 1. The molecule has 34 heavy (non-hydrogen) atoms. The van der Waals surface area contributed by atoms with Gasteiger partial charge in [-0.05, 0) is 48.6 Å². The molecule has 0 fully saturated rings. The molecule has 0 radical (unpaired) electrons. The zero-order valence-electron chi connectivity index (χ0n) is 19.4. The van der Waals surface area contributed by atoms with Crippen LogP contribution in [0, 0.1) is 17.8 Å². The van der Waals surface area contributed by atoms with Crippen LogP contribution >= 0.6 is 0 Å². The van der Waals surface area contributed by atoms with Crippen molar-refractivity contribution in [3.63, 3.8) is 0 Å². The third-order valence-electron chi connectivity index (χ3n) is 5.17. The van der Waals surface area contributed by atoms with Gasteiger partial charge >= 0.3 is 0 Å². The lowest BCUT2D eigenvalue weighted by Gasteiger charge is -2.25. The lowest BCUT2D eigenvalue weighted by molar-refractivity contribution is -0.140. The summed E-state index contributed by atoms with van der Waals surface area (Å²) in [6.07, 6.45) is 4.02. The minimum atomic E-state index is -4.05. The number of hydrazine groups is 1. The van der Waals surface area contributed by atoms with Crippen LogP contribution in [0.1, 0.15) is 32.3 Å². The molecule has 0 spiro atoms. The lowest BCUT2D eigenvalue weighted by atomic mass is 9.82. The summed E-state index contributed by atoms with van der Waals surface area (Å²) in [5.41, 5.74) is 4.78. The minimum absolute atomic E-state index is 0.0287. The van der Waals surface area contributed by atoms with Crippen molar-refractivity contribution in [3.8, 4) is 5.75 Å². The largest absolute Gasteiger partial charge is 0.497 e. The molecule has 0 aliphatic heterocycles. The van der Waals surface area contributed by atoms with E-state index in [2.05, 4.69) is 10.3 Å². The standard InChI is InChI=1S/C24H31N3O6S/c1-17(2)16-22(21(24(29)26-30)11-7-10-18-8-5-4-6-9-18)23(28)25-27-34(31,32)20-14-12-19(33-3)13-15-20/h4-10,12-15,17,21-22,27,30H,11,16H2,1-3H3,(H,25,28)(H,26,29)/b10-7+/t21-,22+/m0/s1. The Bertz CT molecular complexity index is 1070. The maximum absolute atomic E-state index is 13.0. The van der Waals surface area contributed by atoms with Crippen LogP contribution in [-0.4, -0.2) is 32.5 Å². The van der Waals surface area contributed by atoms with Gasteiger partial charge in [0.2, 0.25) is 11.8 Å². The van der Waals surface area contributed by atoms with E-state index in [1.165, 1.54) is 31.4 Å². The molecule has 2 amide bonds. The highest BCUT2D eigenvalue weighted by Crippen LogP contribution is 2.25. The molecule has 0 bridgehead atoms. The lowest BCUT2D eigenvalue weighted by Crippen LogP contribution is -2.48. The van der Waals surface area contributed by atoms with Crippen LogP contribution in [0.5, 0.6) is 5.75 Å². The molecule has 0 aliphatic carbocycles. The predicted octanol–water partition coefficient (Wildman–Crippen LogP) is 2.89. The number of hydrogen-bond donors (Lipinski definition) is 4. The molecule has 2 atom stereocenters. The van der Waals surface area contributed by atoms with Crippen molar-refractivity contribution in [1.29, 1.82) is 0 Å². The van der Waals surface area contributed by atoms with Gasteiger partial charge in [0.25, 0.3) is 10.0 Å². The fraction of sp³-hybridized carbons (Fsp3) is 0.333. The van der Waals surface area contributed by atoms with Crippen LogP contribution < -0.4 is 20.5 Å². The minimum Gasteiger partial charge on any atom is -0.497 e. The Morgan fingerprint density at radius 3 is 2.21 bits per heavy atom. The van der Waals surface area contributed by atoms with Crippen molar-refractivity contribution in [2.75, 3.05) is 7.11 Å². The monoisotopic (exact) mass is 489 g/mol. The van der Waals surface area contributed by atoms with E-state index in [1.54, 1.807) is 11.6 Å². The Labute approximate surface area is 200 Å². The van der Waals surface area contributed by atoms with Gasteiger partial charge in [0.15, 0.2) is 0 Å². The van der Waals surface area contributed by atoms with Crippen molar-refractivity contribution < 1.29 is 28.0 Å². The Morgan fingerprint density at radius 1 is 1.00 bits per heavy atom. The maximum Gasteiger partial charge on any atom is 0.257 e. The molecule has 2 rings (SSSR count). The third kappa shape index (κ3) is 7.98. The second kappa shape index (κ2) is 12.9. The molecule has 0 aromatic heterocycles. The molecule has 0 saturated carbocycles. The number of ether oxygens (including phenoxy) is 1. The number of benzene rings is 2. The van der Waals surface area contributed by atoms with E-state index in [0.717, 1.165) is 5.56 Å². The number of amides is 2. The molecule has 0 heterocycles. The molecule has 0 aliphatic rings. The van der Waals surface area contributed by atoms with E-state index >= 15 is 0 Å². The highest BCUT2D eigenvalue weighted by atomic mass is 32.2. The Balaban J connectivity index is 2.18. The van der Waals surface area contributed by atoms with Crippen LogP contribution in [0.15, 0.2) is 65.6 Å². The van der Waals surface area contributed by atoms with Crippen molar-refractivity contribution in [2.24, 2.45) is 17.8 Å². The number of allylic oxidation sites excluding steroid dienone is 1. The first-order chi connectivity index (χ1) is 16.2. The SMILES string of the molecule is COc1ccc(S(=O)(=O)NNC(=O)[C@H](CC(C)C)[C@H](C/C=C/c2ccccc2)C(=O)NO)cc1. The van der Waals surface area contributed by atoms with Gasteiger partial charge in [-0.2, -0.15) is 0 Å². The normalized spacial score (nSPS) is 13.4. The number of carbonyl (C=O) groups excluding carboxylic acids is 2. The number of carbonyl (C=O) groups is 2. The molecule has 10 heteroatoms. The molecule has 2 aromatic rings. The van der Waals surface area contributed by atoms with E-state index in [1.807, 2.05) is 50.3 Å². The van der Waals surface area contributed by atoms with Crippen LogP contribution in [0.4, 0.5) is 0 Å². The summed E-state index contributed by atoms with van der Waals surface area (Å²) in [5.74, 6) is -2.70. The average Bonchev–Trinajstić information content (AvgIpc) is 2.84. The maximum atomic E-state index is 13.0. The summed E-state index contributed by atoms with van der Waals surface area (Å²) in [6, 6.07) is 15.1. The quantitative estimate of drug-likeness (QED) is 0.268. The molecule has 184 valence electrons. The highest BCUT2D eigenvalue weighted by molar-refractivity contribution is 7.89. The second-order valence-corrected chi connectivity index (χ2v) is 9.82. The predicted molar refractivity (Wildman–Crippen MR) is 128 cm³/mol. The topological polar surface area (TPSA) is 134 Å². The summed E-state index contributed by atoms with van der Waals surface area (Å²) in [4.78, 5) is 27.5. The van der Waals surface area contributed by atoms with Crippen molar-refractivity contribution in [1.82, 2.24) is 15.7 Å². The first-order valence-electron chi connectivity index (χ1n) is 10.8. The summed E-state index contributed by atoms with van der Waals surface area (Å²) in [7, 11) is -2.59. The van der Waals surface area contributed by atoms with Crippen molar-refractivity contribution in [2.45, 2.75) is 31.6 Å². The van der Waals surface area contributed by atoms with Gasteiger partial charge in [0.1, 0.15) is 5.75 Å². The average molecular weight is 490 g/mol. The highest BCUT2D eigenvalue weighted by Gasteiger charge is 2.34. The van der Waals surface area contributed by atoms with E-state index < -0.39 is 33.7 Å². The van der Waals surface area contributed by atoms with Crippen LogP contribution in [0.3, 0.4) is 0 Å². The fourth-order valence-electron chi connectivity index (χ4n) is 3.44. The summed E-state index contributed by atoms with van der Waals surface area (Å²) < 4.78 is 30.2.